The van der Waals surface area contributed by atoms with Crippen molar-refractivity contribution in [2.75, 3.05) is 6.61 Å². The lowest BCUT2D eigenvalue weighted by atomic mass is 10.1. The molecule has 0 aliphatic carbocycles. The number of carbonyl (C=O) groups is 2. The summed E-state index contributed by atoms with van der Waals surface area (Å²) in [4.78, 5) is 23.1. The molecule has 0 bridgehead atoms. The Hall–Kier alpha value is -2.05. The number of esters is 2. The third-order valence-electron chi connectivity index (χ3n) is 3.42. The van der Waals surface area contributed by atoms with Gasteiger partial charge in [0.2, 0.25) is 6.10 Å². The molecule has 1 atom stereocenters. The highest BCUT2D eigenvalue weighted by atomic mass is 19.4. The number of ether oxygens (including phenoxy) is 2. The number of unbranched alkanes of at least 4 members (excludes halogenated alkanes) is 2. The van der Waals surface area contributed by atoms with E-state index in [0.29, 0.717) is 6.61 Å². The highest BCUT2D eigenvalue weighted by molar-refractivity contribution is 5.72. The van der Waals surface area contributed by atoms with Gasteiger partial charge in [0, 0.05) is 18.4 Å². The van der Waals surface area contributed by atoms with E-state index in [4.69, 9.17) is 4.74 Å². The summed E-state index contributed by atoms with van der Waals surface area (Å²) in [6, 6.07) is 6.95. The maximum Gasteiger partial charge on any atom is 0.429 e. The first kappa shape index (κ1) is 21.0. The fourth-order valence-electron chi connectivity index (χ4n) is 2.13. The van der Waals surface area contributed by atoms with E-state index in [-0.39, 0.29) is 24.8 Å². The third-order valence-corrected chi connectivity index (χ3v) is 3.42. The normalized spacial score (nSPS) is 12.5. The summed E-state index contributed by atoms with van der Waals surface area (Å²) in [6.45, 7) is 2.35. The molecule has 0 amide bonds. The van der Waals surface area contributed by atoms with Gasteiger partial charge in [-0.05, 0) is 12.8 Å². The van der Waals surface area contributed by atoms with Gasteiger partial charge >= 0.3 is 18.1 Å². The summed E-state index contributed by atoms with van der Waals surface area (Å²) < 4.78 is 48.7. The average molecular weight is 360 g/mol. The van der Waals surface area contributed by atoms with Crippen molar-refractivity contribution in [1.29, 1.82) is 0 Å². The Balaban J connectivity index is 2.40. The standard InChI is InChI=1S/C18H23F3O4/c1-2-3-7-13-24-15(22)11-8-12-16(23)25-17(18(19,20)21)14-9-5-4-6-10-14/h4-6,9-10,17H,2-3,7-8,11-13H2,1H3. The van der Waals surface area contributed by atoms with Crippen LogP contribution < -0.4 is 0 Å². The molecule has 0 heterocycles. The SMILES string of the molecule is CCCCCOC(=O)CCCC(=O)OC(c1ccccc1)C(F)(F)F. The molecule has 7 heteroatoms. The maximum absolute atomic E-state index is 13.1. The van der Waals surface area contributed by atoms with Crippen molar-refractivity contribution in [2.24, 2.45) is 0 Å². The maximum atomic E-state index is 13.1. The molecule has 0 spiro atoms. The molecule has 25 heavy (non-hydrogen) atoms. The molecule has 0 saturated carbocycles. The van der Waals surface area contributed by atoms with Crippen LogP contribution in [0.25, 0.3) is 0 Å². The van der Waals surface area contributed by atoms with E-state index in [9.17, 15) is 22.8 Å². The van der Waals surface area contributed by atoms with E-state index in [1.165, 1.54) is 24.3 Å². The topological polar surface area (TPSA) is 52.6 Å². The highest BCUT2D eigenvalue weighted by Crippen LogP contribution is 2.36. The number of carbonyl (C=O) groups excluding carboxylic acids is 2. The summed E-state index contributed by atoms with van der Waals surface area (Å²) in [6.07, 6.45) is -4.48. The summed E-state index contributed by atoms with van der Waals surface area (Å²) in [5, 5.41) is 0. The second kappa shape index (κ2) is 10.7. The minimum absolute atomic E-state index is 0.0246. The van der Waals surface area contributed by atoms with Crippen LogP contribution in [-0.2, 0) is 19.1 Å². The van der Waals surface area contributed by atoms with Crippen LogP contribution in [0.3, 0.4) is 0 Å². The number of alkyl halides is 3. The largest absolute Gasteiger partial charge is 0.466 e. The van der Waals surface area contributed by atoms with Crippen LogP contribution in [-0.4, -0.2) is 24.7 Å². The Morgan fingerprint density at radius 3 is 2.24 bits per heavy atom. The Morgan fingerprint density at radius 2 is 1.64 bits per heavy atom. The van der Waals surface area contributed by atoms with Gasteiger partial charge in [0.05, 0.1) is 6.61 Å². The smallest absolute Gasteiger partial charge is 0.429 e. The zero-order valence-corrected chi connectivity index (χ0v) is 14.2. The fraction of sp³-hybridized carbons (Fsp3) is 0.556. The molecule has 140 valence electrons. The number of halogens is 3. The second-order valence-electron chi connectivity index (χ2n) is 5.60. The van der Waals surface area contributed by atoms with Gasteiger partial charge in [-0.3, -0.25) is 9.59 Å². The molecule has 4 nitrogen and oxygen atoms in total. The van der Waals surface area contributed by atoms with E-state index in [0.717, 1.165) is 19.3 Å². The lowest BCUT2D eigenvalue weighted by molar-refractivity contribution is -0.224. The minimum Gasteiger partial charge on any atom is -0.466 e. The van der Waals surface area contributed by atoms with Crippen LogP contribution in [0.15, 0.2) is 30.3 Å². The second-order valence-corrected chi connectivity index (χ2v) is 5.60. The van der Waals surface area contributed by atoms with E-state index >= 15 is 0 Å². The van der Waals surface area contributed by atoms with Crippen molar-refractivity contribution >= 4 is 11.9 Å². The lowest BCUT2D eigenvalue weighted by Crippen LogP contribution is -2.26. The summed E-state index contributed by atoms with van der Waals surface area (Å²) in [5.41, 5.74) is -0.140. The summed E-state index contributed by atoms with van der Waals surface area (Å²) in [5.74, 6) is -1.45. The first-order chi connectivity index (χ1) is 11.8. The van der Waals surface area contributed by atoms with Crippen molar-refractivity contribution in [1.82, 2.24) is 0 Å². The third kappa shape index (κ3) is 8.56. The van der Waals surface area contributed by atoms with Crippen LogP contribution in [0, 0.1) is 0 Å². The van der Waals surface area contributed by atoms with Gasteiger partial charge in [0.25, 0.3) is 0 Å². The molecule has 0 aliphatic rings. The lowest BCUT2D eigenvalue weighted by Gasteiger charge is -2.21. The molecule has 0 saturated heterocycles. The summed E-state index contributed by atoms with van der Waals surface area (Å²) in [7, 11) is 0. The van der Waals surface area contributed by atoms with Crippen molar-refractivity contribution in [3.05, 3.63) is 35.9 Å². The average Bonchev–Trinajstić information content (AvgIpc) is 2.56. The van der Waals surface area contributed by atoms with Crippen molar-refractivity contribution < 1.29 is 32.2 Å². The van der Waals surface area contributed by atoms with Gasteiger partial charge < -0.3 is 9.47 Å². The molecule has 1 unspecified atom stereocenters. The molecule has 0 N–H and O–H groups in total. The van der Waals surface area contributed by atoms with Crippen LogP contribution in [0.2, 0.25) is 0 Å². The number of hydrogen-bond donors (Lipinski definition) is 0. The van der Waals surface area contributed by atoms with E-state index in [1.54, 1.807) is 6.07 Å². The fourth-order valence-corrected chi connectivity index (χ4v) is 2.13. The first-order valence-corrected chi connectivity index (χ1v) is 8.31. The van der Waals surface area contributed by atoms with E-state index in [1.807, 2.05) is 6.92 Å². The van der Waals surface area contributed by atoms with E-state index < -0.39 is 24.2 Å². The molecular formula is C18H23F3O4. The predicted octanol–water partition coefficient (Wildman–Crippen LogP) is 4.74. The molecular weight excluding hydrogens is 337 g/mol. The quantitative estimate of drug-likeness (QED) is 0.447. The Labute approximate surface area is 145 Å². The van der Waals surface area contributed by atoms with E-state index in [2.05, 4.69) is 4.74 Å². The van der Waals surface area contributed by atoms with Crippen molar-refractivity contribution in [3.8, 4) is 0 Å². The molecule has 0 radical (unpaired) electrons. The number of hydrogen-bond acceptors (Lipinski definition) is 4. The summed E-state index contributed by atoms with van der Waals surface area (Å²) >= 11 is 0. The van der Waals surface area contributed by atoms with Crippen LogP contribution in [0.1, 0.15) is 57.1 Å². The minimum atomic E-state index is -4.70. The first-order valence-electron chi connectivity index (χ1n) is 8.31. The Kier molecular flexibility index (Phi) is 9.02. The van der Waals surface area contributed by atoms with Gasteiger partial charge in [-0.25, -0.2) is 0 Å². The zero-order valence-electron chi connectivity index (χ0n) is 14.2. The molecule has 1 aromatic carbocycles. The van der Waals surface area contributed by atoms with Crippen LogP contribution in [0.4, 0.5) is 13.2 Å². The van der Waals surface area contributed by atoms with Crippen LogP contribution >= 0.6 is 0 Å². The van der Waals surface area contributed by atoms with Gasteiger partial charge in [0.15, 0.2) is 0 Å². The van der Waals surface area contributed by atoms with Gasteiger partial charge in [0.1, 0.15) is 0 Å². The molecule has 1 rings (SSSR count). The monoisotopic (exact) mass is 360 g/mol. The number of benzene rings is 1. The van der Waals surface area contributed by atoms with Gasteiger partial charge in [-0.1, -0.05) is 50.1 Å². The predicted molar refractivity (Wildman–Crippen MR) is 85.7 cm³/mol. The molecule has 0 fully saturated rings. The molecule has 0 aromatic heterocycles. The van der Waals surface area contributed by atoms with Gasteiger partial charge in [-0.15, -0.1) is 0 Å². The van der Waals surface area contributed by atoms with Crippen molar-refractivity contribution in [3.63, 3.8) is 0 Å². The Bertz CT molecular complexity index is 529. The molecule has 1 aromatic rings. The number of rotatable bonds is 10. The van der Waals surface area contributed by atoms with Crippen molar-refractivity contribution in [2.45, 2.75) is 57.7 Å². The zero-order chi connectivity index (χ0) is 18.7. The van der Waals surface area contributed by atoms with Crippen LogP contribution in [0.5, 0.6) is 0 Å². The van der Waals surface area contributed by atoms with Gasteiger partial charge in [-0.2, -0.15) is 13.2 Å². The Morgan fingerprint density at radius 1 is 1.00 bits per heavy atom. The molecule has 0 aliphatic heterocycles. The highest BCUT2D eigenvalue weighted by Gasteiger charge is 2.43.